The van der Waals surface area contributed by atoms with Crippen molar-refractivity contribution in [2.45, 2.75) is 4.90 Å². The quantitative estimate of drug-likeness (QED) is 0.500. The van der Waals surface area contributed by atoms with Crippen LogP contribution in [0.2, 0.25) is 0 Å². The molecule has 0 saturated heterocycles. The van der Waals surface area contributed by atoms with Gasteiger partial charge < -0.3 is 5.11 Å². The van der Waals surface area contributed by atoms with Gasteiger partial charge in [-0.3, -0.25) is 4.55 Å². The van der Waals surface area contributed by atoms with E-state index in [9.17, 15) is 8.42 Å². The van der Waals surface area contributed by atoms with E-state index in [2.05, 4.69) is 0 Å². The zero-order valence-electron chi connectivity index (χ0n) is 5.43. The minimum atomic E-state index is -4.13. The molecule has 0 fully saturated rings. The molecule has 64 valence electrons. The number of phenols is 1. The van der Waals surface area contributed by atoms with Crippen molar-refractivity contribution in [2.24, 2.45) is 0 Å². The summed E-state index contributed by atoms with van der Waals surface area (Å²) in [6.45, 7) is 0. The third kappa shape index (κ3) is 3.28. The first-order valence-corrected chi connectivity index (χ1v) is 4.21. The van der Waals surface area contributed by atoms with Gasteiger partial charge in [-0.1, -0.05) is 0 Å². The molecule has 6 heteroatoms. The second-order valence-corrected chi connectivity index (χ2v) is 3.39. The van der Waals surface area contributed by atoms with E-state index in [1.807, 2.05) is 0 Å². The Morgan fingerprint density at radius 2 is 1.50 bits per heavy atom. The molecular formula is C6H8CaO4S. The average molecular weight is 216 g/mol. The molecule has 1 aromatic rings. The van der Waals surface area contributed by atoms with Gasteiger partial charge in [0, 0.05) is 0 Å². The molecule has 1 aromatic carbocycles. The number of benzene rings is 1. The molecule has 12 heavy (non-hydrogen) atoms. The van der Waals surface area contributed by atoms with E-state index < -0.39 is 10.1 Å². The third-order valence-electron chi connectivity index (χ3n) is 1.13. The first-order chi connectivity index (χ1) is 5.00. The van der Waals surface area contributed by atoms with Gasteiger partial charge in [0.2, 0.25) is 0 Å². The Bertz CT molecular complexity index is 342. The Kier molecular flexibility index (Phi) is 4.50. The summed E-state index contributed by atoms with van der Waals surface area (Å²) in [7, 11) is -4.13. The Hall–Kier alpha value is 0.190. The van der Waals surface area contributed by atoms with Gasteiger partial charge in [-0.25, -0.2) is 0 Å². The van der Waals surface area contributed by atoms with E-state index >= 15 is 0 Å². The van der Waals surface area contributed by atoms with Crippen molar-refractivity contribution in [3.8, 4) is 5.75 Å². The summed E-state index contributed by atoms with van der Waals surface area (Å²) >= 11 is 0. The second kappa shape index (κ2) is 4.43. The Morgan fingerprint density at radius 3 is 1.83 bits per heavy atom. The predicted octanol–water partition coefficient (Wildman–Crippen LogP) is -0.277. The second-order valence-electron chi connectivity index (χ2n) is 1.97. The van der Waals surface area contributed by atoms with Gasteiger partial charge in [-0.05, 0) is 24.3 Å². The van der Waals surface area contributed by atoms with Crippen molar-refractivity contribution in [3.05, 3.63) is 24.3 Å². The summed E-state index contributed by atoms with van der Waals surface area (Å²) in [4.78, 5) is -0.227. The van der Waals surface area contributed by atoms with Crippen LogP contribution in [0.25, 0.3) is 0 Å². The molecule has 0 saturated carbocycles. The summed E-state index contributed by atoms with van der Waals surface area (Å²) in [6, 6.07) is 4.60. The van der Waals surface area contributed by atoms with Crippen LogP contribution in [0.5, 0.6) is 5.75 Å². The standard InChI is InChI=1S/C6H6O4S.Ca.2H/c7-5-1-3-6(4-2-5)11(8,9)10;;;/h1-4,7H,(H,8,9,10);;;. The summed E-state index contributed by atoms with van der Waals surface area (Å²) in [5.74, 6) is -0.0441. The summed E-state index contributed by atoms with van der Waals surface area (Å²) < 4.78 is 29.3. The molecule has 0 amide bonds. The zero-order chi connectivity index (χ0) is 8.48. The van der Waals surface area contributed by atoms with Crippen LogP contribution in [0.1, 0.15) is 0 Å². The molecule has 0 aromatic heterocycles. The molecule has 0 unspecified atom stereocenters. The van der Waals surface area contributed by atoms with Crippen LogP contribution < -0.4 is 0 Å². The maximum atomic E-state index is 10.4. The first kappa shape index (κ1) is 12.2. The van der Waals surface area contributed by atoms with Crippen molar-refractivity contribution in [3.63, 3.8) is 0 Å². The molecule has 0 spiro atoms. The fraction of sp³-hybridized carbons (Fsp3) is 0. The van der Waals surface area contributed by atoms with Crippen molar-refractivity contribution >= 4 is 47.9 Å². The topological polar surface area (TPSA) is 74.6 Å². The first-order valence-electron chi connectivity index (χ1n) is 2.77. The van der Waals surface area contributed by atoms with Gasteiger partial charge in [-0.15, -0.1) is 0 Å². The summed E-state index contributed by atoms with van der Waals surface area (Å²) in [6.07, 6.45) is 0. The average Bonchev–Trinajstić information content (AvgIpc) is 1.86. The molecule has 0 radical (unpaired) electrons. The van der Waals surface area contributed by atoms with Crippen LogP contribution in [-0.4, -0.2) is 55.8 Å². The summed E-state index contributed by atoms with van der Waals surface area (Å²) in [5.41, 5.74) is 0. The maximum absolute atomic E-state index is 10.4. The molecule has 2 N–H and O–H groups in total. The van der Waals surface area contributed by atoms with Crippen molar-refractivity contribution < 1.29 is 18.1 Å². The van der Waals surface area contributed by atoms with E-state index in [0.29, 0.717) is 0 Å². The molecule has 4 nitrogen and oxygen atoms in total. The van der Waals surface area contributed by atoms with Crippen LogP contribution in [-0.2, 0) is 10.1 Å². The van der Waals surface area contributed by atoms with Crippen molar-refractivity contribution in [2.75, 3.05) is 0 Å². The van der Waals surface area contributed by atoms with Crippen LogP contribution in [0, 0.1) is 0 Å². The molecule has 0 aliphatic heterocycles. The minimum absolute atomic E-state index is 0. The molecule has 0 atom stereocenters. The number of aromatic hydroxyl groups is 1. The number of hydrogen-bond acceptors (Lipinski definition) is 3. The third-order valence-corrected chi connectivity index (χ3v) is 2.00. The number of hydrogen-bond donors (Lipinski definition) is 2. The van der Waals surface area contributed by atoms with E-state index in [0.717, 1.165) is 12.1 Å². The van der Waals surface area contributed by atoms with Crippen LogP contribution in [0.15, 0.2) is 29.2 Å². The number of phenolic OH excluding ortho intramolecular Hbond substituents is 1. The SMILES string of the molecule is O=S(=O)(O)c1ccc(O)cc1.[CaH2]. The van der Waals surface area contributed by atoms with Gasteiger partial charge >= 0.3 is 37.7 Å². The van der Waals surface area contributed by atoms with Crippen molar-refractivity contribution in [1.82, 2.24) is 0 Å². The van der Waals surface area contributed by atoms with E-state index in [1.165, 1.54) is 12.1 Å². The van der Waals surface area contributed by atoms with Gasteiger partial charge in [-0.2, -0.15) is 8.42 Å². The van der Waals surface area contributed by atoms with Gasteiger partial charge in [0.15, 0.2) is 0 Å². The fourth-order valence-corrected chi connectivity index (χ4v) is 1.10. The molecule has 0 aliphatic carbocycles. The van der Waals surface area contributed by atoms with Crippen LogP contribution in [0.3, 0.4) is 0 Å². The normalized spacial score (nSPS) is 10.4. The molecular weight excluding hydrogens is 208 g/mol. The van der Waals surface area contributed by atoms with Crippen LogP contribution in [0.4, 0.5) is 0 Å². The van der Waals surface area contributed by atoms with E-state index in [4.69, 9.17) is 9.66 Å². The zero-order valence-corrected chi connectivity index (χ0v) is 6.25. The molecule has 0 bridgehead atoms. The Balaban J connectivity index is 0.00000121. The fourth-order valence-electron chi connectivity index (χ4n) is 0.618. The monoisotopic (exact) mass is 216 g/mol. The predicted molar refractivity (Wildman–Crippen MR) is 46.5 cm³/mol. The van der Waals surface area contributed by atoms with Gasteiger partial charge in [0.1, 0.15) is 5.75 Å². The van der Waals surface area contributed by atoms with E-state index in [-0.39, 0.29) is 48.4 Å². The Morgan fingerprint density at radius 1 is 1.08 bits per heavy atom. The Labute approximate surface area is 100.0 Å². The molecule has 0 heterocycles. The van der Waals surface area contributed by atoms with Gasteiger partial charge in [0.05, 0.1) is 4.90 Å². The van der Waals surface area contributed by atoms with E-state index in [1.54, 1.807) is 0 Å². The van der Waals surface area contributed by atoms with Crippen LogP contribution >= 0.6 is 0 Å². The summed E-state index contributed by atoms with van der Waals surface area (Å²) in [5, 5.41) is 8.75. The van der Waals surface area contributed by atoms with Crippen molar-refractivity contribution in [1.29, 1.82) is 0 Å². The number of rotatable bonds is 1. The molecule has 0 aliphatic rings. The van der Waals surface area contributed by atoms with Gasteiger partial charge in [0.25, 0.3) is 10.1 Å². The molecule has 1 rings (SSSR count).